The zero-order valence-electron chi connectivity index (χ0n) is 14.8. The van der Waals surface area contributed by atoms with E-state index in [-0.39, 0.29) is 6.61 Å². The van der Waals surface area contributed by atoms with Gasteiger partial charge in [0, 0.05) is 0 Å². The highest BCUT2D eigenvalue weighted by atomic mass is 16.7. The van der Waals surface area contributed by atoms with Gasteiger partial charge < -0.3 is 9.84 Å². The fraction of sp³-hybridized carbons (Fsp3) is 0.850. The van der Waals surface area contributed by atoms with Gasteiger partial charge in [0.05, 0.1) is 0 Å². The molecule has 2 fully saturated rings. The number of carbonyl (C=O) groups is 1. The van der Waals surface area contributed by atoms with Crippen LogP contribution >= 0.6 is 0 Å². The van der Waals surface area contributed by atoms with Gasteiger partial charge in [0.1, 0.15) is 6.61 Å². The van der Waals surface area contributed by atoms with Gasteiger partial charge in [-0.25, -0.2) is 4.79 Å². The first-order valence-electron chi connectivity index (χ1n) is 9.70. The van der Waals surface area contributed by atoms with Crippen molar-refractivity contribution in [1.82, 2.24) is 0 Å². The first kappa shape index (κ1) is 20.1. The third-order valence-corrected chi connectivity index (χ3v) is 5.29. The summed E-state index contributed by atoms with van der Waals surface area (Å²) in [6.07, 6.45) is 21.6. The zero-order valence-corrected chi connectivity index (χ0v) is 14.8. The number of ether oxygens (including phenoxy) is 1. The van der Waals surface area contributed by atoms with E-state index in [0.29, 0.717) is 0 Å². The Bertz CT molecular complexity index is 278. The van der Waals surface area contributed by atoms with Gasteiger partial charge in [0.2, 0.25) is 0 Å². The van der Waals surface area contributed by atoms with Crippen LogP contribution < -0.4 is 0 Å². The van der Waals surface area contributed by atoms with E-state index in [1.54, 1.807) is 25.7 Å². The van der Waals surface area contributed by atoms with E-state index in [9.17, 15) is 4.79 Å². The molecule has 0 radical (unpaired) electrons. The Hall–Kier alpha value is -0.990. The Labute approximate surface area is 142 Å². The third-order valence-electron chi connectivity index (χ3n) is 5.29. The van der Waals surface area contributed by atoms with Crippen LogP contribution in [0.1, 0.15) is 89.9 Å². The molecule has 0 heterocycles. The maximum absolute atomic E-state index is 9.49. The molecule has 2 aliphatic carbocycles. The van der Waals surface area contributed by atoms with Crippen LogP contribution in [0, 0.1) is 11.8 Å². The van der Waals surface area contributed by atoms with Gasteiger partial charge in [-0.05, 0) is 11.8 Å². The summed E-state index contributed by atoms with van der Waals surface area (Å²) in [6, 6.07) is 0. The van der Waals surface area contributed by atoms with Crippen molar-refractivity contribution in [3.63, 3.8) is 0 Å². The molecule has 0 spiro atoms. The normalized spacial score (nSPS) is 21.6. The van der Waals surface area contributed by atoms with Crippen molar-refractivity contribution in [1.29, 1.82) is 0 Å². The molecular formula is C20H36O3. The molecule has 2 aliphatic rings. The van der Waals surface area contributed by atoms with Gasteiger partial charge in [-0.1, -0.05) is 103 Å². The monoisotopic (exact) mass is 324 g/mol. The molecule has 0 unspecified atom stereocenters. The SMILES string of the molecule is C1CCCC(C2CCCCCCC2)CCC1.C=CCOC(=O)O. The van der Waals surface area contributed by atoms with Crippen molar-refractivity contribution < 1.29 is 14.6 Å². The molecule has 0 aromatic heterocycles. The first-order chi connectivity index (χ1) is 11.2. The average Bonchev–Trinajstić information content (AvgIpc) is 2.46. The maximum atomic E-state index is 9.49. The van der Waals surface area contributed by atoms with Crippen LogP contribution in [-0.2, 0) is 4.74 Å². The summed E-state index contributed by atoms with van der Waals surface area (Å²) >= 11 is 0. The second kappa shape index (κ2) is 13.4. The van der Waals surface area contributed by atoms with E-state index in [0.717, 1.165) is 11.8 Å². The summed E-state index contributed by atoms with van der Waals surface area (Å²) < 4.78 is 3.99. The molecule has 0 saturated heterocycles. The summed E-state index contributed by atoms with van der Waals surface area (Å²) in [6.45, 7) is 3.31. The van der Waals surface area contributed by atoms with Gasteiger partial charge in [0.25, 0.3) is 0 Å². The lowest BCUT2D eigenvalue weighted by molar-refractivity contribution is 0.102. The molecule has 23 heavy (non-hydrogen) atoms. The summed E-state index contributed by atoms with van der Waals surface area (Å²) in [5, 5.41) is 7.77. The predicted octanol–water partition coefficient (Wildman–Crippen LogP) is 6.57. The molecule has 3 nitrogen and oxygen atoms in total. The quantitative estimate of drug-likeness (QED) is 0.471. The van der Waals surface area contributed by atoms with Crippen LogP contribution in [-0.4, -0.2) is 17.9 Å². The molecule has 2 saturated carbocycles. The van der Waals surface area contributed by atoms with E-state index in [1.807, 2.05) is 0 Å². The fourth-order valence-electron chi connectivity index (χ4n) is 4.05. The Kier molecular flexibility index (Phi) is 11.7. The van der Waals surface area contributed by atoms with Gasteiger partial charge >= 0.3 is 6.16 Å². The van der Waals surface area contributed by atoms with Crippen LogP contribution in [0.3, 0.4) is 0 Å². The molecule has 0 aromatic carbocycles. The predicted molar refractivity (Wildman–Crippen MR) is 95.8 cm³/mol. The van der Waals surface area contributed by atoms with E-state index in [1.165, 1.54) is 70.3 Å². The van der Waals surface area contributed by atoms with E-state index < -0.39 is 6.16 Å². The van der Waals surface area contributed by atoms with Crippen molar-refractivity contribution in [2.24, 2.45) is 11.8 Å². The van der Waals surface area contributed by atoms with Crippen molar-refractivity contribution in [3.05, 3.63) is 12.7 Å². The van der Waals surface area contributed by atoms with Crippen LogP contribution in [0.2, 0.25) is 0 Å². The van der Waals surface area contributed by atoms with Gasteiger partial charge in [0.15, 0.2) is 0 Å². The lowest BCUT2D eigenvalue weighted by atomic mass is 9.76. The summed E-state index contributed by atoms with van der Waals surface area (Å²) in [5.41, 5.74) is 0. The molecule has 0 bridgehead atoms. The Morgan fingerprint density at radius 2 is 1.17 bits per heavy atom. The van der Waals surface area contributed by atoms with Crippen LogP contribution in [0.15, 0.2) is 12.7 Å². The largest absolute Gasteiger partial charge is 0.506 e. The molecule has 0 aromatic rings. The van der Waals surface area contributed by atoms with E-state index in [4.69, 9.17) is 5.11 Å². The number of carboxylic acid groups (broad SMARTS) is 1. The first-order valence-corrected chi connectivity index (χ1v) is 9.70. The standard InChI is InChI=1S/C16H30.C4H6O3/c1-3-7-11-15(12-8-4-1)16-13-9-5-2-6-10-14-16;1-2-3-7-4(5)6/h15-16H,1-14H2;2H,1,3H2,(H,5,6). The van der Waals surface area contributed by atoms with Crippen LogP contribution in [0.4, 0.5) is 4.79 Å². The molecule has 0 aliphatic heterocycles. The minimum absolute atomic E-state index is 0.0648. The topological polar surface area (TPSA) is 46.5 Å². The third kappa shape index (κ3) is 10.4. The molecule has 3 heteroatoms. The Balaban J connectivity index is 0.000000322. The number of hydrogen-bond donors (Lipinski definition) is 1. The maximum Gasteiger partial charge on any atom is 0.506 e. The number of rotatable bonds is 3. The number of hydrogen-bond acceptors (Lipinski definition) is 2. The highest BCUT2D eigenvalue weighted by molar-refractivity contribution is 5.56. The highest BCUT2D eigenvalue weighted by Crippen LogP contribution is 2.35. The Morgan fingerprint density at radius 1 is 0.826 bits per heavy atom. The molecular weight excluding hydrogens is 288 g/mol. The summed E-state index contributed by atoms with van der Waals surface area (Å²) in [4.78, 5) is 9.49. The second-order valence-corrected chi connectivity index (χ2v) is 7.08. The summed E-state index contributed by atoms with van der Waals surface area (Å²) in [5.74, 6) is 2.22. The van der Waals surface area contributed by atoms with Crippen molar-refractivity contribution in [2.75, 3.05) is 6.61 Å². The van der Waals surface area contributed by atoms with E-state index >= 15 is 0 Å². The molecule has 0 amide bonds. The molecule has 0 atom stereocenters. The minimum atomic E-state index is -1.26. The van der Waals surface area contributed by atoms with Gasteiger partial charge in [-0.3, -0.25) is 0 Å². The van der Waals surface area contributed by atoms with Crippen molar-refractivity contribution in [2.45, 2.75) is 89.9 Å². The summed E-state index contributed by atoms with van der Waals surface area (Å²) in [7, 11) is 0. The van der Waals surface area contributed by atoms with Crippen molar-refractivity contribution >= 4 is 6.16 Å². The van der Waals surface area contributed by atoms with Crippen molar-refractivity contribution in [3.8, 4) is 0 Å². The smallest absolute Gasteiger partial charge is 0.450 e. The van der Waals surface area contributed by atoms with Crippen LogP contribution in [0.5, 0.6) is 0 Å². The van der Waals surface area contributed by atoms with Gasteiger partial charge in [-0.2, -0.15) is 0 Å². The molecule has 1 N–H and O–H groups in total. The lowest BCUT2D eigenvalue weighted by Crippen LogP contribution is -2.17. The second-order valence-electron chi connectivity index (χ2n) is 7.08. The lowest BCUT2D eigenvalue weighted by Gasteiger charge is -2.30. The highest BCUT2D eigenvalue weighted by Gasteiger charge is 2.22. The van der Waals surface area contributed by atoms with Gasteiger partial charge in [-0.15, -0.1) is 0 Å². The minimum Gasteiger partial charge on any atom is -0.450 e. The van der Waals surface area contributed by atoms with Crippen LogP contribution in [0.25, 0.3) is 0 Å². The Morgan fingerprint density at radius 3 is 1.43 bits per heavy atom. The van der Waals surface area contributed by atoms with E-state index in [2.05, 4.69) is 11.3 Å². The molecule has 2 rings (SSSR count). The zero-order chi connectivity index (χ0) is 16.8. The fourth-order valence-corrected chi connectivity index (χ4v) is 4.05. The average molecular weight is 325 g/mol. The molecule has 134 valence electrons.